The average molecular weight is 433 g/mol. The third-order valence-corrected chi connectivity index (χ3v) is 4.35. The average Bonchev–Trinajstić information content (AvgIpc) is 3.26. The standard InChI is InChI=1S/C19H21F2N7O3/c1-9(2)28-17(22)15(18(23)30)16(26-28)10-4-5-11(24-8-10)6-13(29)25-14-7-12(27-31-14)19(3,20)21/h4-5,7-9H,6,22H2,1-3H3,(H2,23,30)(H,25,29). The third-order valence-electron chi connectivity index (χ3n) is 4.35. The number of amides is 2. The number of pyridine rings is 1. The highest BCUT2D eigenvalue weighted by Gasteiger charge is 2.29. The van der Waals surface area contributed by atoms with Gasteiger partial charge in [-0.05, 0) is 26.0 Å². The van der Waals surface area contributed by atoms with E-state index < -0.39 is 23.4 Å². The molecule has 3 heterocycles. The number of carbonyl (C=O) groups excluding carboxylic acids is 2. The number of nitrogens with one attached hydrogen (secondary N) is 1. The predicted octanol–water partition coefficient (Wildman–Crippen LogP) is 2.49. The van der Waals surface area contributed by atoms with Crippen LogP contribution in [0.5, 0.6) is 0 Å². The van der Waals surface area contributed by atoms with Gasteiger partial charge in [-0.15, -0.1) is 0 Å². The molecule has 12 heteroatoms. The lowest BCUT2D eigenvalue weighted by Crippen LogP contribution is -2.15. The van der Waals surface area contributed by atoms with E-state index >= 15 is 0 Å². The molecule has 31 heavy (non-hydrogen) atoms. The number of anilines is 2. The van der Waals surface area contributed by atoms with Gasteiger partial charge in [0.15, 0.2) is 5.69 Å². The van der Waals surface area contributed by atoms with Gasteiger partial charge in [-0.2, -0.15) is 13.9 Å². The van der Waals surface area contributed by atoms with E-state index in [1.54, 1.807) is 12.1 Å². The predicted molar refractivity (Wildman–Crippen MR) is 107 cm³/mol. The Hall–Kier alpha value is -3.83. The highest BCUT2D eigenvalue weighted by Crippen LogP contribution is 2.29. The van der Waals surface area contributed by atoms with Gasteiger partial charge in [-0.1, -0.05) is 5.16 Å². The van der Waals surface area contributed by atoms with Gasteiger partial charge >= 0.3 is 0 Å². The maximum atomic E-state index is 13.2. The van der Waals surface area contributed by atoms with Crippen molar-refractivity contribution in [1.82, 2.24) is 19.9 Å². The van der Waals surface area contributed by atoms with E-state index in [9.17, 15) is 18.4 Å². The quantitative estimate of drug-likeness (QED) is 0.517. The SMILES string of the molecule is CC(C)n1nc(-c2ccc(CC(=O)Nc3cc(C(C)(F)F)no3)nc2)c(C(N)=O)c1N. The maximum absolute atomic E-state index is 13.2. The van der Waals surface area contributed by atoms with Crippen molar-refractivity contribution in [2.75, 3.05) is 11.1 Å². The second-order valence-corrected chi connectivity index (χ2v) is 7.24. The van der Waals surface area contributed by atoms with Crippen LogP contribution in [0.15, 0.2) is 28.9 Å². The number of halogens is 2. The minimum absolute atomic E-state index is 0.0907. The number of nitrogens with zero attached hydrogens (tertiary/aromatic N) is 4. The van der Waals surface area contributed by atoms with E-state index in [0.29, 0.717) is 18.2 Å². The van der Waals surface area contributed by atoms with E-state index in [4.69, 9.17) is 16.0 Å². The highest BCUT2D eigenvalue weighted by molar-refractivity contribution is 6.03. The number of primary amides is 1. The van der Waals surface area contributed by atoms with Crippen molar-refractivity contribution in [2.24, 2.45) is 5.73 Å². The zero-order chi connectivity index (χ0) is 22.9. The first kappa shape index (κ1) is 21.9. The van der Waals surface area contributed by atoms with Crippen LogP contribution in [-0.2, 0) is 17.1 Å². The Kier molecular flexibility index (Phi) is 5.73. The van der Waals surface area contributed by atoms with Gasteiger partial charge in [0.05, 0.1) is 6.42 Å². The van der Waals surface area contributed by atoms with Crippen molar-refractivity contribution < 1.29 is 22.9 Å². The topological polar surface area (TPSA) is 155 Å². The minimum atomic E-state index is -3.18. The molecule has 0 radical (unpaired) electrons. The fraction of sp³-hybridized carbons (Fsp3) is 0.316. The number of nitrogens with two attached hydrogens (primary N) is 2. The summed E-state index contributed by atoms with van der Waals surface area (Å²) in [6, 6.07) is 4.05. The molecule has 0 atom stereocenters. The summed E-state index contributed by atoms with van der Waals surface area (Å²) in [6.45, 7) is 4.39. The van der Waals surface area contributed by atoms with E-state index in [-0.39, 0.29) is 35.4 Å². The number of carbonyl (C=O) groups is 2. The Morgan fingerprint density at radius 1 is 1.32 bits per heavy atom. The van der Waals surface area contributed by atoms with Gasteiger partial charge < -0.3 is 16.0 Å². The molecule has 0 saturated carbocycles. The van der Waals surface area contributed by atoms with Crippen LogP contribution in [0.25, 0.3) is 11.3 Å². The van der Waals surface area contributed by atoms with Crippen LogP contribution in [0.1, 0.15) is 48.6 Å². The lowest BCUT2D eigenvalue weighted by atomic mass is 10.1. The van der Waals surface area contributed by atoms with Crippen molar-refractivity contribution >= 4 is 23.5 Å². The molecule has 0 bridgehead atoms. The smallest absolute Gasteiger partial charge is 0.290 e. The van der Waals surface area contributed by atoms with Crippen molar-refractivity contribution in [1.29, 1.82) is 0 Å². The molecule has 3 aromatic heterocycles. The first-order valence-corrected chi connectivity index (χ1v) is 9.25. The van der Waals surface area contributed by atoms with Crippen LogP contribution in [0, 0.1) is 0 Å². The number of rotatable bonds is 7. The second-order valence-electron chi connectivity index (χ2n) is 7.24. The van der Waals surface area contributed by atoms with Gasteiger partial charge in [-0.3, -0.25) is 19.9 Å². The van der Waals surface area contributed by atoms with Crippen LogP contribution in [0.2, 0.25) is 0 Å². The maximum Gasteiger partial charge on any atom is 0.290 e. The molecule has 10 nitrogen and oxygen atoms in total. The Morgan fingerprint density at radius 2 is 2.03 bits per heavy atom. The molecule has 0 aliphatic carbocycles. The Labute approximate surface area is 175 Å². The molecular weight excluding hydrogens is 412 g/mol. The first-order chi connectivity index (χ1) is 14.5. The molecule has 0 unspecified atom stereocenters. The van der Waals surface area contributed by atoms with Gasteiger partial charge in [0.1, 0.15) is 17.1 Å². The summed E-state index contributed by atoms with van der Waals surface area (Å²) < 4.78 is 32.6. The highest BCUT2D eigenvalue weighted by atomic mass is 19.3. The van der Waals surface area contributed by atoms with Gasteiger partial charge in [0.25, 0.3) is 11.8 Å². The van der Waals surface area contributed by atoms with Crippen LogP contribution in [-0.4, -0.2) is 31.7 Å². The Bertz CT molecular complexity index is 1110. The summed E-state index contributed by atoms with van der Waals surface area (Å²) in [5, 5.41) is 9.93. The summed E-state index contributed by atoms with van der Waals surface area (Å²) in [4.78, 5) is 28.2. The normalized spacial score (nSPS) is 11.7. The second kappa shape index (κ2) is 8.13. The number of hydrogen-bond acceptors (Lipinski definition) is 7. The van der Waals surface area contributed by atoms with Crippen LogP contribution >= 0.6 is 0 Å². The van der Waals surface area contributed by atoms with Crippen molar-refractivity contribution in [2.45, 2.75) is 39.2 Å². The van der Waals surface area contributed by atoms with Crippen molar-refractivity contribution in [3.05, 3.63) is 41.3 Å². The fourth-order valence-electron chi connectivity index (χ4n) is 2.84. The summed E-state index contributed by atoms with van der Waals surface area (Å²) in [5.74, 6) is -4.47. The molecule has 3 aromatic rings. The molecule has 164 valence electrons. The zero-order valence-electron chi connectivity index (χ0n) is 17.0. The van der Waals surface area contributed by atoms with Gasteiger partial charge in [0, 0.05) is 36.5 Å². The lowest BCUT2D eigenvalue weighted by Gasteiger charge is -2.06. The summed E-state index contributed by atoms with van der Waals surface area (Å²) in [5.41, 5.74) is 12.1. The largest absolute Gasteiger partial charge is 0.383 e. The summed E-state index contributed by atoms with van der Waals surface area (Å²) >= 11 is 0. The number of aromatic nitrogens is 4. The molecule has 0 fully saturated rings. The molecule has 0 aliphatic rings. The number of nitrogen functional groups attached to an aromatic ring is 1. The van der Waals surface area contributed by atoms with E-state index in [0.717, 1.165) is 6.07 Å². The Morgan fingerprint density at radius 3 is 2.55 bits per heavy atom. The van der Waals surface area contributed by atoms with Crippen LogP contribution < -0.4 is 16.8 Å². The molecule has 3 rings (SSSR count). The Balaban J connectivity index is 1.75. The number of hydrogen-bond donors (Lipinski definition) is 3. The molecule has 0 aliphatic heterocycles. The minimum Gasteiger partial charge on any atom is -0.383 e. The molecule has 0 saturated heterocycles. The van der Waals surface area contributed by atoms with Gasteiger partial charge in [0.2, 0.25) is 11.8 Å². The van der Waals surface area contributed by atoms with E-state index in [2.05, 4.69) is 20.6 Å². The first-order valence-electron chi connectivity index (χ1n) is 9.25. The third kappa shape index (κ3) is 4.68. The monoisotopic (exact) mass is 433 g/mol. The lowest BCUT2D eigenvalue weighted by molar-refractivity contribution is -0.115. The molecule has 0 spiro atoms. The molecule has 5 N–H and O–H groups in total. The summed E-state index contributed by atoms with van der Waals surface area (Å²) in [7, 11) is 0. The van der Waals surface area contributed by atoms with E-state index in [1.165, 1.54) is 10.9 Å². The van der Waals surface area contributed by atoms with Crippen LogP contribution in [0.3, 0.4) is 0 Å². The van der Waals surface area contributed by atoms with Crippen molar-refractivity contribution in [3.63, 3.8) is 0 Å². The molecular formula is C19H21F2N7O3. The van der Waals surface area contributed by atoms with Gasteiger partial charge in [-0.25, -0.2) is 4.68 Å². The number of alkyl halides is 2. The zero-order valence-corrected chi connectivity index (χ0v) is 17.0. The van der Waals surface area contributed by atoms with Crippen molar-refractivity contribution in [3.8, 4) is 11.3 Å². The fourth-order valence-corrected chi connectivity index (χ4v) is 2.84. The van der Waals surface area contributed by atoms with E-state index in [1.807, 2.05) is 13.8 Å². The van der Waals surface area contributed by atoms with Crippen LogP contribution in [0.4, 0.5) is 20.5 Å². The summed E-state index contributed by atoms with van der Waals surface area (Å²) in [6.07, 6.45) is 1.29. The molecule has 2 amide bonds. The molecule has 0 aromatic carbocycles.